The van der Waals surface area contributed by atoms with Crippen molar-refractivity contribution in [3.05, 3.63) is 29.0 Å². The van der Waals surface area contributed by atoms with Gasteiger partial charge in [-0.05, 0) is 56.8 Å². The first-order chi connectivity index (χ1) is 9.52. The smallest absolute Gasteiger partial charge is 0.183 e. The summed E-state index contributed by atoms with van der Waals surface area (Å²) in [6.07, 6.45) is 4.03. The monoisotopic (exact) mass is 299 g/mol. The minimum atomic E-state index is -0.449. The Labute approximate surface area is 125 Å². The first-order valence-corrected chi connectivity index (χ1v) is 7.74. The summed E-state index contributed by atoms with van der Waals surface area (Å²) in [6, 6.07) is 4.92. The van der Waals surface area contributed by atoms with Crippen LogP contribution in [0.1, 0.15) is 39.5 Å². The second-order valence-corrected chi connectivity index (χ2v) is 6.45. The molecule has 0 saturated heterocycles. The van der Waals surface area contributed by atoms with E-state index in [1.54, 1.807) is 18.2 Å². The molecule has 4 heteroatoms. The molecule has 2 nitrogen and oxygen atoms in total. The fourth-order valence-corrected chi connectivity index (χ4v) is 2.64. The first kappa shape index (κ1) is 15.6. The fraction of sp³-hybridized carbons (Fsp3) is 0.625. The van der Waals surface area contributed by atoms with Gasteiger partial charge in [0.25, 0.3) is 0 Å². The minimum absolute atomic E-state index is 0.120. The van der Waals surface area contributed by atoms with Crippen molar-refractivity contribution < 1.29 is 9.13 Å². The number of nitrogens with one attached hydrogen (secondary N) is 1. The molecule has 1 saturated carbocycles. The van der Waals surface area contributed by atoms with Crippen LogP contribution < -0.4 is 10.1 Å². The average Bonchev–Trinajstić information content (AvgIpc) is 2.36. The molecule has 1 aromatic carbocycles. The van der Waals surface area contributed by atoms with E-state index in [0.717, 1.165) is 38.8 Å². The molecule has 0 heterocycles. The van der Waals surface area contributed by atoms with Gasteiger partial charge in [0.15, 0.2) is 11.6 Å². The Hall–Kier alpha value is -0.800. The highest BCUT2D eigenvalue weighted by Gasteiger charge is 2.39. The molecule has 0 radical (unpaired) electrons. The van der Waals surface area contributed by atoms with Gasteiger partial charge in [-0.3, -0.25) is 0 Å². The highest BCUT2D eigenvalue weighted by Crippen LogP contribution is 2.40. The summed E-state index contributed by atoms with van der Waals surface area (Å²) in [6.45, 7) is 6.27. The molecule has 0 aliphatic heterocycles. The Balaban J connectivity index is 1.92. The summed E-state index contributed by atoms with van der Waals surface area (Å²) in [7, 11) is 0. The third kappa shape index (κ3) is 3.86. The summed E-state index contributed by atoms with van der Waals surface area (Å²) in [5, 5.41) is 3.54. The number of halogens is 2. The molecule has 1 fully saturated rings. The van der Waals surface area contributed by atoms with Gasteiger partial charge in [0.1, 0.15) is 5.60 Å². The van der Waals surface area contributed by atoms with Crippen molar-refractivity contribution in [2.24, 2.45) is 5.92 Å². The van der Waals surface area contributed by atoms with Crippen LogP contribution in [0.15, 0.2) is 18.2 Å². The maximum Gasteiger partial charge on any atom is 0.183 e. The van der Waals surface area contributed by atoms with Crippen LogP contribution in [-0.2, 0) is 0 Å². The van der Waals surface area contributed by atoms with E-state index in [0.29, 0.717) is 5.92 Å². The maximum atomic E-state index is 13.9. The van der Waals surface area contributed by atoms with Crippen LogP contribution in [0, 0.1) is 11.7 Å². The summed E-state index contributed by atoms with van der Waals surface area (Å²) < 4.78 is 19.9. The van der Waals surface area contributed by atoms with Crippen molar-refractivity contribution in [3.8, 4) is 5.75 Å². The molecule has 0 bridgehead atoms. The maximum absolute atomic E-state index is 13.9. The number of hydrogen-bond acceptors (Lipinski definition) is 2. The van der Waals surface area contributed by atoms with Gasteiger partial charge >= 0.3 is 0 Å². The van der Waals surface area contributed by atoms with E-state index >= 15 is 0 Å². The summed E-state index contributed by atoms with van der Waals surface area (Å²) in [5.74, 6) is 0.468. The molecule has 0 amide bonds. The molecule has 2 rings (SSSR count). The number of ether oxygens (including phenoxy) is 1. The van der Waals surface area contributed by atoms with Crippen molar-refractivity contribution in [3.63, 3.8) is 0 Å². The summed E-state index contributed by atoms with van der Waals surface area (Å²) in [4.78, 5) is 0. The van der Waals surface area contributed by atoms with Crippen LogP contribution in [0.4, 0.5) is 4.39 Å². The number of rotatable bonds is 7. The van der Waals surface area contributed by atoms with Crippen molar-refractivity contribution in [2.75, 3.05) is 13.1 Å². The third-order valence-electron chi connectivity index (χ3n) is 3.82. The van der Waals surface area contributed by atoms with Crippen LogP contribution in [0.25, 0.3) is 0 Å². The zero-order valence-corrected chi connectivity index (χ0v) is 13.0. The Morgan fingerprint density at radius 2 is 2.15 bits per heavy atom. The van der Waals surface area contributed by atoms with E-state index in [4.69, 9.17) is 16.3 Å². The lowest BCUT2D eigenvalue weighted by Gasteiger charge is -2.42. The van der Waals surface area contributed by atoms with Gasteiger partial charge in [0.05, 0.1) is 5.02 Å². The van der Waals surface area contributed by atoms with E-state index in [1.807, 2.05) is 0 Å². The number of hydrogen-bond donors (Lipinski definition) is 1. The molecule has 20 heavy (non-hydrogen) atoms. The van der Waals surface area contributed by atoms with Crippen molar-refractivity contribution >= 4 is 11.6 Å². The highest BCUT2D eigenvalue weighted by atomic mass is 35.5. The Bertz CT molecular complexity index is 446. The van der Waals surface area contributed by atoms with E-state index in [1.165, 1.54) is 0 Å². The fourth-order valence-electron chi connectivity index (χ4n) is 2.48. The molecule has 0 spiro atoms. The van der Waals surface area contributed by atoms with Crippen molar-refractivity contribution in [2.45, 2.75) is 45.1 Å². The van der Waals surface area contributed by atoms with Crippen LogP contribution in [0.5, 0.6) is 5.75 Å². The standard InChI is InChI=1S/C16H23ClFNO/c1-12(2)11-19-10-9-16(7-4-8-16)20-14-6-3-5-13(17)15(14)18/h3,5-6,12,19H,4,7-11H2,1-2H3. The lowest BCUT2D eigenvalue weighted by molar-refractivity contribution is -0.0172. The Morgan fingerprint density at radius 3 is 2.75 bits per heavy atom. The summed E-state index contributed by atoms with van der Waals surface area (Å²) in [5.41, 5.74) is -0.213. The topological polar surface area (TPSA) is 21.3 Å². The molecule has 0 atom stereocenters. The predicted molar refractivity (Wildman–Crippen MR) is 80.9 cm³/mol. The summed E-state index contributed by atoms with van der Waals surface area (Å²) >= 11 is 5.80. The van der Waals surface area contributed by atoms with E-state index in [-0.39, 0.29) is 16.4 Å². The molecule has 112 valence electrons. The minimum Gasteiger partial charge on any atom is -0.484 e. The normalized spacial score (nSPS) is 17.1. The lowest BCUT2D eigenvalue weighted by Crippen LogP contribution is -2.45. The SMILES string of the molecule is CC(C)CNCCC1(Oc2cccc(Cl)c2F)CCC1. The lowest BCUT2D eigenvalue weighted by atomic mass is 9.77. The van der Waals surface area contributed by atoms with Gasteiger partial charge < -0.3 is 10.1 Å². The van der Waals surface area contributed by atoms with Gasteiger partial charge in [-0.2, -0.15) is 0 Å². The Kier molecular flexibility index (Phi) is 5.28. The molecular weight excluding hydrogens is 277 g/mol. The van der Waals surface area contributed by atoms with E-state index < -0.39 is 5.82 Å². The average molecular weight is 300 g/mol. The number of benzene rings is 1. The van der Waals surface area contributed by atoms with E-state index in [9.17, 15) is 4.39 Å². The predicted octanol–water partition coefficient (Wildman–Crippen LogP) is 4.42. The highest BCUT2D eigenvalue weighted by molar-refractivity contribution is 6.30. The quantitative estimate of drug-likeness (QED) is 0.753. The zero-order chi connectivity index (χ0) is 14.6. The molecular formula is C16H23ClFNO. The van der Waals surface area contributed by atoms with Crippen LogP contribution in [0.3, 0.4) is 0 Å². The van der Waals surface area contributed by atoms with Gasteiger partial charge in [0.2, 0.25) is 0 Å². The molecule has 0 unspecified atom stereocenters. The first-order valence-electron chi connectivity index (χ1n) is 7.36. The molecule has 1 N–H and O–H groups in total. The van der Waals surface area contributed by atoms with Crippen LogP contribution in [-0.4, -0.2) is 18.7 Å². The van der Waals surface area contributed by atoms with Crippen molar-refractivity contribution in [1.29, 1.82) is 0 Å². The second-order valence-electron chi connectivity index (χ2n) is 6.04. The molecule has 0 aromatic heterocycles. The van der Waals surface area contributed by atoms with Gasteiger partial charge in [-0.15, -0.1) is 0 Å². The molecule has 1 aromatic rings. The van der Waals surface area contributed by atoms with Crippen LogP contribution >= 0.6 is 11.6 Å². The Morgan fingerprint density at radius 1 is 1.40 bits per heavy atom. The van der Waals surface area contributed by atoms with E-state index in [2.05, 4.69) is 19.2 Å². The van der Waals surface area contributed by atoms with Crippen molar-refractivity contribution in [1.82, 2.24) is 5.32 Å². The zero-order valence-electron chi connectivity index (χ0n) is 12.2. The van der Waals surface area contributed by atoms with Crippen LogP contribution in [0.2, 0.25) is 5.02 Å². The van der Waals surface area contributed by atoms with Gasteiger partial charge in [-0.25, -0.2) is 4.39 Å². The molecule has 1 aliphatic carbocycles. The second kappa shape index (κ2) is 6.77. The van der Waals surface area contributed by atoms with Gasteiger partial charge in [-0.1, -0.05) is 31.5 Å². The largest absolute Gasteiger partial charge is 0.484 e. The third-order valence-corrected chi connectivity index (χ3v) is 4.11. The van der Waals surface area contributed by atoms with Gasteiger partial charge in [0, 0.05) is 0 Å². The molecule has 1 aliphatic rings.